The summed E-state index contributed by atoms with van der Waals surface area (Å²) in [6.07, 6.45) is 1.66. The summed E-state index contributed by atoms with van der Waals surface area (Å²) < 4.78 is 0. The van der Waals surface area contributed by atoms with Crippen molar-refractivity contribution in [1.29, 1.82) is 0 Å². The highest BCUT2D eigenvalue weighted by atomic mass is 35.5. The van der Waals surface area contributed by atoms with Crippen molar-refractivity contribution in [3.05, 3.63) is 41.6 Å². The first-order chi connectivity index (χ1) is 7.65. The number of nitrogen functional groups attached to an aromatic ring is 2. The summed E-state index contributed by atoms with van der Waals surface area (Å²) in [6.45, 7) is 0. The van der Waals surface area contributed by atoms with Crippen LogP contribution in [0.5, 0.6) is 0 Å². The van der Waals surface area contributed by atoms with Crippen molar-refractivity contribution < 1.29 is 17.4 Å². The number of anilines is 2. The topological polar surface area (TPSA) is 66.2 Å². The van der Waals surface area contributed by atoms with E-state index in [1.807, 2.05) is 30.3 Å². The van der Waals surface area contributed by atoms with Crippen LogP contribution in [0.3, 0.4) is 0 Å². The molecule has 0 bridgehead atoms. The Labute approximate surface area is 115 Å². The van der Waals surface area contributed by atoms with Crippen LogP contribution in [0.25, 0.3) is 0 Å². The Kier molecular flexibility index (Phi) is 4.93. The number of hydrogen-bond donors (Lipinski definition) is 2. The van der Waals surface area contributed by atoms with Gasteiger partial charge in [0.1, 0.15) is 11.1 Å². The number of rotatable bonds is 2. The molecule has 0 radical (unpaired) electrons. The van der Waals surface area contributed by atoms with Gasteiger partial charge in [0.05, 0.1) is 5.02 Å². The lowest BCUT2D eigenvalue weighted by atomic mass is 10.3. The fraction of sp³-hybridized carbons (Fsp3) is 0. The molecule has 0 fully saturated rings. The molecule has 0 amide bonds. The lowest BCUT2D eigenvalue weighted by Gasteiger charge is -2.02. The van der Waals surface area contributed by atoms with Gasteiger partial charge in [0.15, 0.2) is 0 Å². The number of halogens is 2. The summed E-state index contributed by atoms with van der Waals surface area (Å²) in [4.78, 5) is 4.87. The van der Waals surface area contributed by atoms with Crippen LogP contribution >= 0.6 is 23.4 Å². The Balaban J connectivity index is 0.00000144. The molecule has 2 rings (SSSR count). The monoisotopic (exact) mass is 287 g/mol. The van der Waals surface area contributed by atoms with Crippen LogP contribution in [0.2, 0.25) is 5.02 Å². The molecule has 5 N–H and O–H groups in total. The second-order valence-corrected chi connectivity index (χ2v) is 4.82. The van der Waals surface area contributed by atoms with Crippen molar-refractivity contribution >= 4 is 34.9 Å². The van der Waals surface area contributed by atoms with Crippen molar-refractivity contribution in [3.8, 4) is 0 Å². The zero-order valence-electron chi connectivity index (χ0n) is 8.78. The SMILES string of the molecule is Nc1ccc(Sc2cc(Cl)c[nH+]c2N)cc1.[Cl-]. The molecule has 0 aliphatic rings. The van der Waals surface area contributed by atoms with Crippen molar-refractivity contribution in [2.75, 3.05) is 11.5 Å². The summed E-state index contributed by atoms with van der Waals surface area (Å²) in [5, 5.41) is 0.632. The van der Waals surface area contributed by atoms with E-state index in [-0.39, 0.29) is 12.4 Å². The standard InChI is InChI=1S/C11H10ClN3S.ClH/c12-7-5-10(11(14)15-6-7)16-9-3-1-8(13)2-4-9;/h1-6H,13H2,(H2,14,15);1H. The molecule has 17 heavy (non-hydrogen) atoms. The van der Waals surface area contributed by atoms with E-state index >= 15 is 0 Å². The smallest absolute Gasteiger partial charge is 0.284 e. The first-order valence-corrected chi connectivity index (χ1v) is 5.85. The van der Waals surface area contributed by atoms with Crippen LogP contribution in [0.15, 0.2) is 46.3 Å². The van der Waals surface area contributed by atoms with Gasteiger partial charge in [0, 0.05) is 10.6 Å². The summed E-state index contributed by atoms with van der Waals surface area (Å²) in [6, 6.07) is 9.43. The van der Waals surface area contributed by atoms with E-state index in [9.17, 15) is 0 Å². The van der Waals surface area contributed by atoms with E-state index in [4.69, 9.17) is 23.1 Å². The molecule has 0 saturated carbocycles. The van der Waals surface area contributed by atoms with Crippen LogP contribution in [0, 0.1) is 0 Å². The Morgan fingerprint density at radius 2 is 1.76 bits per heavy atom. The van der Waals surface area contributed by atoms with Crippen molar-refractivity contribution in [2.45, 2.75) is 9.79 Å². The van der Waals surface area contributed by atoms with Gasteiger partial charge in [-0.05, 0) is 30.3 Å². The Morgan fingerprint density at radius 1 is 1.12 bits per heavy atom. The van der Waals surface area contributed by atoms with E-state index in [2.05, 4.69) is 4.98 Å². The third kappa shape index (κ3) is 3.70. The van der Waals surface area contributed by atoms with E-state index in [1.165, 1.54) is 0 Å². The average Bonchev–Trinajstić information content (AvgIpc) is 2.27. The van der Waals surface area contributed by atoms with Gasteiger partial charge in [0.2, 0.25) is 0 Å². The first kappa shape index (κ1) is 14.0. The van der Waals surface area contributed by atoms with Gasteiger partial charge in [-0.15, -0.1) is 0 Å². The van der Waals surface area contributed by atoms with Crippen LogP contribution in [0.4, 0.5) is 11.5 Å². The minimum absolute atomic E-state index is 0. The molecule has 0 atom stereocenters. The number of benzene rings is 1. The van der Waals surface area contributed by atoms with Gasteiger partial charge in [-0.2, -0.15) is 0 Å². The fourth-order valence-corrected chi connectivity index (χ4v) is 2.32. The lowest BCUT2D eigenvalue weighted by Crippen LogP contribution is -3.00. The zero-order valence-corrected chi connectivity index (χ0v) is 11.1. The van der Waals surface area contributed by atoms with E-state index < -0.39 is 0 Å². The van der Waals surface area contributed by atoms with Gasteiger partial charge in [-0.25, -0.2) is 4.98 Å². The minimum Gasteiger partial charge on any atom is -1.00 e. The predicted octanol–water partition coefficient (Wildman–Crippen LogP) is -0.526. The molecule has 0 aliphatic heterocycles. The highest BCUT2D eigenvalue weighted by Gasteiger charge is 2.08. The molecule has 0 saturated heterocycles. The molecular formula is C11H11Cl2N3S. The normalized spacial score (nSPS) is 9.71. The average molecular weight is 288 g/mol. The molecule has 0 aliphatic carbocycles. The molecular weight excluding hydrogens is 277 g/mol. The maximum absolute atomic E-state index is 5.89. The largest absolute Gasteiger partial charge is 1.00 e. The van der Waals surface area contributed by atoms with Crippen molar-refractivity contribution in [2.24, 2.45) is 0 Å². The molecule has 90 valence electrons. The summed E-state index contributed by atoms with van der Waals surface area (Å²) in [7, 11) is 0. The molecule has 1 aromatic carbocycles. The van der Waals surface area contributed by atoms with Gasteiger partial charge >= 0.3 is 0 Å². The quantitative estimate of drug-likeness (QED) is 0.730. The molecule has 2 aromatic rings. The van der Waals surface area contributed by atoms with Crippen LogP contribution in [-0.2, 0) is 0 Å². The van der Waals surface area contributed by atoms with E-state index in [1.54, 1.807) is 18.0 Å². The lowest BCUT2D eigenvalue weighted by molar-refractivity contribution is -0.362. The first-order valence-electron chi connectivity index (χ1n) is 4.65. The zero-order chi connectivity index (χ0) is 11.5. The number of aromatic nitrogens is 1. The predicted molar refractivity (Wildman–Crippen MR) is 67.4 cm³/mol. The maximum Gasteiger partial charge on any atom is 0.284 e. The molecule has 0 spiro atoms. The van der Waals surface area contributed by atoms with Gasteiger partial charge in [-0.1, -0.05) is 23.4 Å². The fourth-order valence-electron chi connectivity index (χ4n) is 1.21. The number of pyridine rings is 1. The summed E-state index contributed by atoms with van der Waals surface area (Å²) in [5.74, 6) is 0.603. The molecule has 6 heteroatoms. The van der Waals surface area contributed by atoms with Gasteiger partial charge in [0.25, 0.3) is 5.82 Å². The van der Waals surface area contributed by atoms with Crippen LogP contribution in [-0.4, -0.2) is 0 Å². The van der Waals surface area contributed by atoms with Gasteiger partial charge < -0.3 is 18.1 Å². The Hall–Kier alpha value is -1.10. The summed E-state index contributed by atoms with van der Waals surface area (Å²) in [5.41, 5.74) is 12.2. The molecule has 1 heterocycles. The Morgan fingerprint density at radius 3 is 2.41 bits per heavy atom. The number of nitrogens with two attached hydrogens (primary N) is 2. The van der Waals surface area contributed by atoms with Crippen molar-refractivity contribution in [3.63, 3.8) is 0 Å². The highest BCUT2D eigenvalue weighted by Crippen LogP contribution is 2.31. The minimum atomic E-state index is 0. The van der Waals surface area contributed by atoms with Crippen LogP contribution in [0.1, 0.15) is 0 Å². The molecule has 0 unspecified atom stereocenters. The van der Waals surface area contributed by atoms with E-state index in [0.29, 0.717) is 10.8 Å². The second kappa shape index (κ2) is 6.00. The second-order valence-electron chi connectivity index (χ2n) is 3.27. The highest BCUT2D eigenvalue weighted by molar-refractivity contribution is 7.99. The molecule has 1 aromatic heterocycles. The van der Waals surface area contributed by atoms with E-state index in [0.717, 1.165) is 15.5 Å². The maximum atomic E-state index is 5.89. The number of nitrogens with one attached hydrogen (secondary N) is 1. The van der Waals surface area contributed by atoms with Crippen molar-refractivity contribution in [1.82, 2.24) is 0 Å². The third-order valence-corrected chi connectivity index (χ3v) is 3.29. The number of H-pyrrole nitrogens is 1. The van der Waals surface area contributed by atoms with Gasteiger partial charge in [-0.3, -0.25) is 5.73 Å². The molecule has 3 nitrogen and oxygen atoms in total. The number of aromatic amines is 1. The summed E-state index contributed by atoms with van der Waals surface area (Å²) >= 11 is 7.43. The number of hydrogen-bond acceptors (Lipinski definition) is 3. The third-order valence-electron chi connectivity index (χ3n) is 2.01. The Bertz CT molecular complexity index is 503. The van der Waals surface area contributed by atoms with Crippen LogP contribution < -0.4 is 28.9 Å².